The van der Waals surface area contributed by atoms with Gasteiger partial charge in [0.2, 0.25) is 0 Å². The third kappa shape index (κ3) is 4.88. The fourth-order valence-electron chi connectivity index (χ4n) is 3.21. The monoisotopic (exact) mass is 468 g/mol. The minimum absolute atomic E-state index is 0.348. The van der Waals surface area contributed by atoms with Crippen molar-refractivity contribution in [2.45, 2.75) is 87.5 Å². The van der Waals surface area contributed by atoms with Crippen molar-refractivity contribution in [2.75, 3.05) is 0 Å². The van der Waals surface area contributed by atoms with E-state index in [9.17, 15) is 0 Å². The molecule has 2 heterocycles. The molecule has 0 bridgehead atoms. The van der Waals surface area contributed by atoms with Gasteiger partial charge in [0, 0.05) is 0 Å². The van der Waals surface area contributed by atoms with E-state index in [0.29, 0.717) is 41.8 Å². The van der Waals surface area contributed by atoms with Crippen LogP contribution in [0.2, 0.25) is 15.9 Å². The van der Waals surface area contributed by atoms with Gasteiger partial charge in [0.15, 0.2) is 0 Å². The summed E-state index contributed by atoms with van der Waals surface area (Å²) >= 11 is 0.697. The van der Waals surface area contributed by atoms with Crippen LogP contribution < -0.4 is 0 Å². The van der Waals surface area contributed by atoms with Crippen molar-refractivity contribution in [1.82, 2.24) is 0 Å². The van der Waals surface area contributed by atoms with Crippen LogP contribution >= 0.6 is 0 Å². The van der Waals surface area contributed by atoms with Gasteiger partial charge in [0.05, 0.1) is 0 Å². The second-order valence-electron chi connectivity index (χ2n) is 6.36. The molecule has 0 amide bonds. The van der Waals surface area contributed by atoms with Crippen LogP contribution in [0.25, 0.3) is 0 Å². The second-order valence-corrected chi connectivity index (χ2v) is 16.0. The molecular formula is C15H28Te2. The summed E-state index contributed by atoms with van der Waals surface area (Å²) < 4.78 is 4.98. The molecule has 0 N–H and O–H groups in total. The Labute approximate surface area is 128 Å². The van der Waals surface area contributed by atoms with Crippen molar-refractivity contribution in [1.29, 1.82) is 0 Å². The van der Waals surface area contributed by atoms with Crippen LogP contribution in [-0.2, 0) is 0 Å². The molecule has 2 unspecified atom stereocenters. The number of rotatable bonds is 4. The predicted octanol–water partition coefficient (Wildman–Crippen LogP) is 5.13. The first-order chi connectivity index (χ1) is 8.12. The van der Waals surface area contributed by atoms with Gasteiger partial charge in [-0.05, 0) is 0 Å². The maximum atomic E-state index is 2.62. The third-order valence-electron chi connectivity index (χ3n) is 4.51. The first-order valence-corrected chi connectivity index (χ1v) is 13.0. The molecule has 0 spiro atoms. The summed E-state index contributed by atoms with van der Waals surface area (Å²) in [5.41, 5.74) is 0. The van der Waals surface area contributed by atoms with E-state index in [-0.39, 0.29) is 0 Å². The molecule has 2 aliphatic heterocycles. The zero-order valence-corrected chi connectivity index (χ0v) is 16.3. The maximum absolute atomic E-state index is 2.62. The molecule has 0 aliphatic carbocycles. The fourth-order valence-corrected chi connectivity index (χ4v) is 11.3. The molecule has 2 atom stereocenters. The third-order valence-corrected chi connectivity index (χ3v) is 13.6. The summed E-state index contributed by atoms with van der Waals surface area (Å²) in [4.78, 5) is 0. The van der Waals surface area contributed by atoms with Crippen molar-refractivity contribution in [3.8, 4) is 0 Å². The minimum atomic E-state index is 0.348. The average molecular weight is 464 g/mol. The van der Waals surface area contributed by atoms with Gasteiger partial charge >= 0.3 is 129 Å². The molecular weight excluding hydrogens is 435 g/mol. The van der Waals surface area contributed by atoms with E-state index in [0.717, 1.165) is 6.93 Å². The summed E-state index contributed by atoms with van der Waals surface area (Å²) in [6, 6.07) is 0. The molecule has 0 aromatic carbocycles. The Kier molecular flexibility index (Phi) is 6.03. The van der Waals surface area contributed by atoms with Gasteiger partial charge < -0.3 is 0 Å². The summed E-state index contributed by atoms with van der Waals surface area (Å²) in [7, 11) is 0. The Morgan fingerprint density at radius 1 is 0.765 bits per heavy atom. The van der Waals surface area contributed by atoms with Crippen LogP contribution in [0, 0.1) is 0 Å². The fraction of sp³-hybridized carbons (Fsp3) is 1.00. The van der Waals surface area contributed by atoms with Gasteiger partial charge in [-0.2, -0.15) is 0 Å². The van der Waals surface area contributed by atoms with Crippen molar-refractivity contribution in [2.24, 2.45) is 0 Å². The van der Waals surface area contributed by atoms with E-state index in [2.05, 4.69) is 13.8 Å². The molecule has 2 saturated heterocycles. The van der Waals surface area contributed by atoms with Gasteiger partial charge in [0.25, 0.3) is 0 Å². The van der Waals surface area contributed by atoms with E-state index < -0.39 is 0 Å². The van der Waals surface area contributed by atoms with Crippen molar-refractivity contribution >= 4 is 41.8 Å². The molecule has 0 nitrogen and oxygen atoms in total. The van der Waals surface area contributed by atoms with Crippen LogP contribution in [0.15, 0.2) is 0 Å². The Morgan fingerprint density at radius 3 is 1.59 bits per heavy atom. The molecule has 100 valence electrons. The molecule has 2 rings (SSSR count). The SMILES string of the molecule is CC1(CCCC2(C)CCCC[Te]2)CCCC[Te]1. The predicted molar refractivity (Wildman–Crippen MR) is 79.4 cm³/mol. The standard InChI is InChI=1S/C15H28Te2/c1-14(8-3-5-12-16-14)10-7-11-15(2)9-4-6-13-17-15/h3-13H2,1-2H3. The van der Waals surface area contributed by atoms with Crippen LogP contribution in [0.4, 0.5) is 0 Å². The van der Waals surface area contributed by atoms with Crippen molar-refractivity contribution in [3.05, 3.63) is 0 Å². The number of hydrogen-bond donors (Lipinski definition) is 0. The molecule has 2 heteroatoms. The van der Waals surface area contributed by atoms with E-state index in [1.54, 1.807) is 53.9 Å². The van der Waals surface area contributed by atoms with Gasteiger partial charge in [-0.15, -0.1) is 0 Å². The molecule has 17 heavy (non-hydrogen) atoms. The molecule has 0 saturated carbocycles. The zero-order chi connectivity index (χ0) is 12.2. The average Bonchev–Trinajstić information content (AvgIpc) is 2.30. The quantitative estimate of drug-likeness (QED) is 0.508. The number of hydrogen-bond acceptors (Lipinski definition) is 0. The van der Waals surface area contributed by atoms with E-state index >= 15 is 0 Å². The molecule has 0 aromatic rings. The molecule has 0 aromatic heterocycles. The van der Waals surface area contributed by atoms with Crippen LogP contribution in [0.5, 0.6) is 0 Å². The van der Waals surface area contributed by atoms with E-state index in [1.807, 2.05) is 0 Å². The van der Waals surface area contributed by atoms with Crippen molar-refractivity contribution in [3.63, 3.8) is 0 Å². The van der Waals surface area contributed by atoms with E-state index in [1.165, 1.54) is 12.8 Å². The van der Waals surface area contributed by atoms with Crippen LogP contribution in [0.3, 0.4) is 0 Å². The second kappa shape index (κ2) is 6.84. The normalized spacial score (nSPS) is 39.2. The van der Waals surface area contributed by atoms with Crippen LogP contribution in [0.1, 0.15) is 71.6 Å². The topological polar surface area (TPSA) is 0 Å². The first kappa shape index (κ1) is 15.0. The Balaban J connectivity index is 1.70. The van der Waals surface area contributed by atoms with Gasteiger partial charge in [-0.1, -0.05) is 0 Å². The Morgan fingerprint density at radius 2 is 1.24 bits per heavy atom. The molecule has 0 radical (unpaired) electrons. The summed E-state index contributed by atoms with van der Waals surface area (Å²) in [5, 5.41) is 0. The summed E-state index contributed by atoms with van der Waals surface area (Å²) in [5.74, 6) is 0. The van der Waals surface area contributed by atoms with Gasteiger partial charge in [-0.25, -0.2) is 0 Å². The first-order valence-electron chi connectivity index (χ1n) is 7.40. The van der Waals surface area contributed by atoms with Crippen LogP contribution in [-0.4, -0.2) is 41.8 Å². The van der Waals surface area contributed by atoms with Gasteiger partial charge in [0.1, 0.15) is 0 Å². The molecule has 2 fully saturated rings. The Hall–Kier alpha value is 1.58. The van der Waals surface area contributed by atoms with E-state index in [4.69, 9.17) is 0 Å². The summed E-state index contributed by atoms with van der Waals surface area (Å²) in [6.45, 7) is 5.24. The summed E-state index contributed by atoms with van der Waals surface area (Å²) in [6.07, 6.45) is 14.0. The zero-order valence-electron chi connectivity index (χ0n) is 11.6. The van der Waals surface area contributed by atoms with Gasteiger partial charge in [-0.3, -0.25) is 0 Å². The molecule has 2 aliphatic rings. The Bertz CT molecular complexity index is 201. The van der Waals surface area contributed by atoms with Crippen molar-refractivity contribution < 1.29 is 0 Å².